The first-order valence-electron chi connectivity index (χ1n) is 5.06. The van der Waals surface area contributed by atoms with Gasteiger partial charge < -0.3 is 15.5 Å². The molecule has 0 aromatic carbocycles. The molecule has 0 saturated heterocycles. The Hall–Kier alpha value is -1.16. The summed E-state index contributed by atoms with van der Waals surface area (Å²) in [6.07, 6.45) is 1.11. The molecule has 0 aliphatic heterocycles. The Kier molecular flexibility index (Phi) is 6.62. The topological polar surface area (TPSA) is 57.5 Å². The van der Waals surface area contributed by atoms with Crippen LogP contribution in [0.2, 0.25) is 0 Å². The number of hydrogen-bond acceptors (Lipinski definition) is 4. The molecule has 0 fully saturated rings. The maximum absolute atomic E-state index is 7.49. The summed E-state index contributed by atoms with van der Waals surface area (Å²) in [5.74, 6) is 0.665. The molecular formula is C11H21N3O. The second-order valence-corrected chi connectivity index (χ2v) is 3.40. The minimum atomic E-state index is 0.167. The van der Waals surface area contributed by atoms with E-state index in [4.69, 9.17) is 10.1 Å². The first-order chi connectivity index (χ1) is 7.06. The number of rotatable bonds is 7. The van der Waals surface area contributed by atoms with Crippen molar-refractivity contribution in [2.45, 2.75) is 33.3 Å². The number of ether oxygens (including phenoxy) is 1. The number of nitrogens with one attached hydrogen (secondary N) is 2. The van der Waals surface area contributed by atoms with Gasteiger partial charge in [0.25, 0.3) is 0 Å². The van der Waals surface area contributed by atoms with Crippen molar-refractivity contribution in [2.24, 2.45) is 4.99 Å². The Labute approximate surface area is 91.9 Å². The molecule has 1 atom stereocenters. The van der Waals surface area contributed by atoms with Gasteiger partial charge in [-0.2, -0.15) is 0 Å². The SMILES string of the molecule is C=N/C(NCC(CC)OC)=C(/C)C(C)=N. The molecule has 0 aromatic heterocycles. The summed E-state index contributed by atoms with van der Waals surface area (Å²) < 4.78 is 5.23. The van der Waals surface area contributed by atoms with Crippen LogP contribution in [0.1, 0.15) is 27.2 Å². The van der Waals surface area contributed by atoms with Crippen molar-refractivity contribution >= 4 is 12.4 Å². The van der Waals surface area contributed by atoms with Gasteiger partial charge in [0.15, 0.2) is 0 Å². The second-order valence-electron chi connectivity index (χ2n) is 3.40. The zero-order valence-corrected chi connectivity index (χ0v) is 10.1. The predicted molar refractivity (Wildman–Crippen MR) is 64.7 cm³/mol. The van der Waals surface area contributed by atoms with Gasteiger partial charge in [-0.15, -0.1) is 0 Å². The van der Waals surface area contributed by atoms with Crippen LogP contribution < -0.4 is 5.32 Å². The fourth-order valence-electron chi connectivity index (χ4n) is 1.09. The highest BCUT2D eigenvalue weighted by Gasteiger charge is 2.06. The van der Waals surface area contributed by atoms with E-state index >= 15 is 0 Å². The molecule has 0 amide bonds. The summed E-state index contributed by atoms with van der Waals surface area (Å²) in [5, 5.41) is 10.6. The maximum Gasteiger partial charge on any atom is 0.129 e. The van der Waals surface area contributed by atoms with E-state index < -0.39 is 0 Å². The van der Waals surface area contributed by atoms with Crippen molar-refractivity contribution in [1.82, 2.24) is 5.32 Å². The normalized spacial score (nSPS) is 14.1. The average Bonchev–Trinajstić information content (AvgIpc) is 2.24. The van der Waals surface area contributed by atoms with Crippen molar-refractivity contribution in [3.63, 3.8) is 0 Å². The third-order valence-electron chi connectivity index (χ3n) is 2.36. The monoisotopic (exact) mass is 211 g/mol. The number of methoxy groups -OCH3 is 1. The number of allylic oxidation sites excluding steroid dienone is 1. The molecule has 0 aliphatic carbocycles. The van der Waals surface area contributed by atoms with E-state index in [0.717, 1.165) is 12.0 Å². The fourth-order valence-corrected chi connectivity index (χ4v) is 1.09. The van der Waals surface area contributed by atoms with Crippen molar-refractivity contribution in [2.75, 3.05) is 13.7 Å². The molecule has 0 spiro atoms. The van der Waals surface area contributed by atoms with Gasteiger partial charge in [-0.1, -0.05) is 6.92 Å². The molecule has 2 N–H and O–H groups in total. The van der Waals surface area contributed by atoms with E-state index in [9.17, 15) is 0 Å². The smallest absolute Gasteiger partial charge is 0.129 e. The van der Waals surface area contributed by atoms with Crippen molar-refractivity contribution < 1.29 is 4.74 Å². The van der Waals surface area contributed by atoms with Crippen molar-refractivity contribution in [1.29, 1.82) is 5.41 Å². The van der Waals surface area contributed by atoms with E-state index in [0.29, 0.717) is 18.1 Å². The minimum Gasteiger partial charge on any atom is -0.380 e. The van der Waals surface area contributed by atoms with Crippen LogP contribution >= 0.6 is 0 Å². The minimum absolute atomic E-state index is 0.167. The molecule has 0 saturated carbocycles. The van der Waals surface area contributed by atoms with Crippen LogP contribution in [0.15, 0.2) is 16.4 Å². The summed E-state index contributed by atoms with van der Waals surface area (Å²) in [7, 11) is 1.69. The zero-order valence-electron chi connectivity index (χ0n) is 10.1. The summed E-state index contributed by atoms with van der Waals surface area (Å²) in [6.45, 7) is 9.82. The molecule has 0 radical (unpaired) electrons. The van der Waals surface area contributed by atoms with Crippen LogP contribution in [0.3, 0.4) is 0 Å². The first-order valence-corrected chi connectivity index (χ1v) is 5.06. The molecule has 4 nitrogen and oxygen atoms in total. The molecule has 0 rings (SSSR count). The van der Waals surface area contributed by atoms with E-state index in [-0.39, 0.29) is 6.10 Å². The number of hydrogen-bond donors (Lipinski definition) is 2. The summed E-state index contributed by atoms with van der Waals surface area (Å²) in [5.41, 5.74) is 1.31. The standard InChI is InChI=1S/C11H21N3O/c1-6-10(15-5)7-14-11(13-4)8(2)9(3)12/h10,12,14H,4,6-7H2,1-3,5H3/b11-8+,12-9?. The molecule has 1 unspecified atom stereocenters. The fraction of sp³-hybridized carbons (Fsp3) is 0.636. The van der Waals surface area contributed by atoms with Crippen molar-refractivity contribution in [3.05, 3.63) is 11.4 Å². The largest absolute Gasteiger partial charge is 0.380 e. The van der Waals surface area contributed by atoms with Gasteiger partial charge in [-0.05, 0) is 27.0 Å². The van der Waals surface area contributed by atoms with E-state index in [1.807, 2.05) is 6.92 Å². The zero-order chi connectivity index (χ0) is 11.8. The predicted octanol–water partition coefficient (Wildman–Crippen LogP) is 1.97. The van der Waals surface area contributed by atoms with E-state index in [2.05, 4.69) is 24.0 Å². The number of nitrogens with zero attached hydrogens (tertiary/aromatic N) is 1. The summed E-state index contributed by atoms with van der Waals surface area (Å²) >= 11 is 0. The molecule has 0 bridgehead atoms. The third kappa shape index (κ3) is 4.74. The van der Waals surface area contributed by atoms with Crippen LogP contribution in [-0.4, -0.2) is 32.2 Å². The number of aliphatic imine (C=N–C) groups is 1. The van der Waals surface area contributed by atoms with Crippen LogP contribution in [0.25, 0.3) is 0 Å². The van der Waals surface area contributed by atoms with Crippen LogP contribution in [0, 0.1) is 5.41 Å². The molecule has 15 heavy (non-hydrogen) atoms. The molecule has 0 aliphatic rings. The lowest BCUT2D eigenvalue weighted by Crippen LogP contribution is -2.28. The highest BCUT2D eigenvalue weighted by Crippen LogP contribution is 2.04. The van der Waals surface area contributed by atoms with Crippen LogP contribution in [-0.2, 0) is 4.74 Å². The van der Waals surface area contributed by atoms with E-state index in [1.165, 1.54) is 0 Å². The summed E-state index contributed by atoms with van der Waals surface area (Å²) in [4.78, 5) is 3.87. The van der Waals surface area contributed by atoms with E-state index in [1.54, 1.807) is 14.0 Å². The van der Waals surface area contributed by atoms with Gasteiger partial charge in [0.2, 0.25) is 0 Å². The Bertz CT molecular complexity index is 255. The highest BCUT2D eigenvalue weighted by molar-refractivity contribution is 5.95. The Morgan fingerprint density at radius 3 is 2.47 bits per heavy atom. The average molecular weight is 211 g/mol. The third-order valence-corrected chi connectivity index (χ3v) is 2.36. The highest BCUT2D eigenvalue weighted by atomic mass is 16.5. The Morgan fingerprint density at radius 1 is 1.53 bits per heavy atom. The molecular weight excluding hydrogens is 190 g/mol. The van der Waals surface area contributed by atoms with Gasteiger partial charge in [0, 0.05) is 24.9 Å². The van der Waals surface area contributed by atoms with Crippen LogP contribution in [0.5, 0.6) is 0 Å². The molecule has 86 valence electrons. The molecule has 0 heterocycles. The van der Waals surface area contributed by atoms with Gasteiger partial charge in [0.05, 0.1) is 6.10 Å². The molecule has 4 heteroatoms. The lowest BCUT2D eigenvalue weighted by molar-refractivity contribution is 0.101. The second kappa shape index (κ2) is 7.17. The first kappa shape index (κ1) is 13.8. The summed E-state index contributed by atoms with van der Waals surface area (Å²) in [6, 6.07) is 0. The quantitative estimate of drug-likeness (QED) is 0.632. The van der Waals surface area contributed by atoms with Gasteiger partial charge in [0.1, 0.15) is 5.82 Å². The van der Waals surface area contributed by atoms with Crippen molar-refractivity contribution in [3.8, 4) is 0 Å². The van der Waals surface area contributed by atoms with Crippen LogP contribution in [0.4, 0.5) is 0 Å². The molecule has 0 aromatic rings. The lowest BCUT2D eigenvalue weighted by Gasteiger charge is -2.16. The van der Waals surface area contributed by atoms with Gasteiger partial charge in [-0.3, -0.25) is 0 Å². The Morgan fingerprint density at radius 2 is 2.13 bits per heavy atom. The maximum atomic E-state index is 7.49. The Balaban J connectivity index is 4.41. The van der Waals surface area contributed by atoms with Gasteiger partial charge in [-0.25, -0.2) is 4.99 Å². The van der Waals surface area contributed by atoms with Gasteiger partial charge >= 0.3 is 0 Å². The lowest BCUT2D eigenvalue weighted by atomic mass is 10.2.